The minimum atomic E-state index is 0.666. The van der Waals surface area contributed by atoms with Crippen molar-refractivity contribution in [1.29, 1.82) is 0 Å². The lowest BCUT2D eigenvalue weighted by Gasteiger charge is -2.17. The van der Waals surface area contributed by atoms with Crippen molar-refractivity contribution in [1.82, 2.24) is 0 Å². The molecule has 9 rings (SSSR count). The topological polar surface area (TPSA) is 51.5 Å². The predicted molar refractivity (Wildman–Crippen MR) is 213 cm³/mol. The first-order valence-electron chi connectivity index (χ1n) is 17.2. The number of hydrogen-bond acceptors (Lipinski definition) is 3. The van der Waals surface area contributed by atoms with Crippen molar-refractivity contribution < 1.29 is 4.42 Å². The summed E-state index contributed by atoms with van der Waals surface area (Å²) < 4.78 is 6.64. The van der Waals surface area contributed by atoms with Crippen LogP contribution in [0.5, 0.6) is 0 Å². The highest BCUT2D eigenvalue weighted by atomic mass is 16.3. The Morgan fingerprint density at radius 3 is 1.98 bits per heavy atom. The Hall–Kier alpha value is -6.19. The molecule has 3 heteroatoms. The Morgan fingerprint density at radius 1 is 0.600 bits per heavy atom. The van der Waals surface area contributed by atoms with Crippen LogP contribution in [0, 0.1) is 20.8 Å². The van der Waals surface area contributed by atoms with Gasteiger partial charge < -0.3 is 10.2 Å². The van der Waals surface area contributed by atoms with E-state index in [0.29, 0.717) is 12.1 Å². The largest absolute Gasteiger partial charge is 0.455 e. The molecule has 3 nitrogen and oxygen atoms in total. The monoisotopic (exact) mass is 644 g/mol. The first kappa shape index (κ1) is 29.9. The van der Waals surface area contributed by atoms with E-state index in [1.54, 1.807) is 0 Å². The standard InChI is InChI=1S/C47H36N2O/c1-28-23-29(2)40(30(3)24-28)27-42(49-46-38-20-9-7-18-36(38)35-17-6-8-19-37(35)45(46)48)33-15-12-14-31(25-33)41-26-32-13-4-5-16-34(32)44-39-21-10-11-22-43(39)50-47(41)44/h4-26H,27,48H2,1-3H3. The highest BCUT2D eigenvalue weighted by Gasteiger charge is 2.19. The average molecular weight is 645 g/mol. The number of fused-ring (bicyclic) bond motifs is 8. The maximum atomic E-state index is 7.04. The van der Waals surface area contributed by atoms with Crippen LogP contribution in [-0.2, 0) is 6.42 Å². The number of rotatable bonds is 5. The van der Waals surface area contributed by atoms with Gasteiger partial charge >= 0.3 is 0 Å². The zero-order chi connectivity index (χ0) is 33.9. The number of anilines is 1. The van der Waals surface area contributed by atoms with Crippen LogP contribution in [0.15, 0.2) is 149 Å². The number of para-hydroxylation sites is 1. The van der Waals surface area contributed by atoms with Gasteiger partial charge in [-0.2, -0.15) is 0 Å². The van der Waals surface area contributed by atoms with Crippen LogP contribution in [-0.4, -0.2) is 5.71 Å². The lowest BCUT2D eigenvalue weighted by molar-refractivity contribution is 0.670. The van der Waals surface area contributed by atoms with E-state index in [9.17, 15) is 0 Å². The predicted octanol–water partition coefficient (Wildman–Crippen LogP) is 12.6. The molecule has 1 heterocycles. The number of aliphatic imine (C=N–C) groups is 1. The van der Waals surface area contributed by atoms with Crippen molar-refractivity contribution in [2.75, 3.05) is 5.73 Å². The molecule has 0 amide bonds. The summed E-state index contributed by atoms with van der Waals surface area (Å²) in [6, 6.07) is 49.3. The van der Waals surface area contributed by atoms with E-state index in [-0.39, 0.29) is 0 Å². The molecular formula is C47H36N2O. The Labute approximate surface area is 291 Å². The number of aryl methyl sites for hydroxylation is 3. The molecule has 2 N–H and O–H groups in total. The smallest absolute Gasteiger partial charge is 0.143 e. The normalized spacial score (nSPS) is 12.2. The van der Waals surface area contributed by atoms with E-state index in [1.165, 1.54) is 33.0 Å². The van der Waals surface area contributed by atoms with Gasteiger partial charge in [-0.3, -0.25) is 0 Å². The Bertz CT molecular complexity index is 2810. The van der Waals surface area contributed by atoms with Crippen LogP contribution in [0.3, 0.4) is 0 Å². The van der Waals surface area contributed by atoms with Crippen LogP contribution < -0.4 is 5.73 Å². The molecule has 0 unspecified atom stereocenters. The van der Waals surface area contributed by atoms with Crippen LogP contribution in [0.25, 0.3) is 65.4 Å². The van der Waals surface area contributed by atoms with E-state index in [1.807, 2.05) is 12.1 Å². The molecule has 0 aliphatic carbocycles. The molecule has 0 saturated carbocycles. The van der Waals surface area contributed by atoms with Gasteiger partial charge in [-0.15, -0.1) is 0 Å². The summed E-state index contributed by atoms with van der Waals surface area (Å²) in [7, 11) is 0. The number of hydrogen-bond donors (Lipinski definition) is 1. The minimum Gasteiger partial charge on any atom is -0.455 e. The molecule has 0 aliphatic heterocycles. The van der Waals surface area contributed by atoms with E-state index in [0.717, 1.165) is 71.6 Å². The van der Waals surface area contributed by atoms with Crippen molar-refractivity contribution in [3.8, 4) is 11.1 Å². The Kier molecular flexibility index (Phi) is 7.03. The summed E-state index contributed by atoms with van der Waals surface area (Å²) >= 11 is 0. The van der Waals surface area contributed by atoms with Crippen LogP contribution >= 0.6 is 0 Å². The first-order valence-corrected chi connectivity index (χ1v) is 17.2. The summed E-state index contributed by atoms with van der Waals surface area (Å²) in [5, 5.41) is 9.00. The molecule has 0 saturated heterocycles. The van der Waals surface area contributed by atoms with Gasteiger partial charge in [0.25, 0.3) is 0 Å². The third-order valence-corrected chi connectivity index (χ3v) is 10.3. The van der Waals surface area contributed by atoms with Gasteiger partial charge in [0.05, 0.1) is 17.1 Å². The molecule has 240 valence electrons. The summed E-state index contributed by atoms with van der Waals surface area (Å²) in [5.74, 6) is 0. The molecule has 0 radical (unpaired) electrons. The van der Waals surface area contributed by atoms with Gasteiger partial charge in [0.1, 0.15) is 11.2 Å². The van der Waals surface area contributed by atoms with Gasteiger partial charge in [0.2, 0.25) is 0 Å². The lowest BCUT2D eigenvalue weighted by atomic mass is 9.91. The summed E-state index contributed by atoms with van der Waals surface area (Å²) in [6.45, 7) is 6.57. The summed E-state index contributed by atoms with van der Waals surface area (Å²) in [4.78, 5) is 5.56. The average Bonchev–Trinajstić information content (AvgIpc) is 3.54. The third kappa shape index (κ3) is 4.85. The maximum absolute atomic E-state index is 7.04. The minimum absolute atomic E-state index is 0.666. The molecule has 0 atom stereocenters. The number of nitrogen functional groups attached to an aromatic ring is 1. The quantitative estimate of drug-likeness (QED) is 0.115. The molecule has 0 bridgehead atoms. The second kappa shape index (κ2) is 11.7. The van der Waals surface area contributed by atoms with E-state index < -0.39 is 0 Å². The van der Waals surface area contributed by atoms with Crippen LogP contribution in [0.4, 0.5) is 11.4 Å². The maximum Gasteiger partial charge on any atom is 0.143 e. The van der Waals surface area contributed by atoms with Crippen molar-refractivity contribution in [3.05, 3.63) is 167 Å². The van der Waals surface area contributed by atoms with Gasteiger partial charge in [-0.05, 0) is 88.3 Å². The highest BCUT2D eigenvalue weighted by molar-refractivity contribution is 6.23. The number of nitrogens with two attached hydrogens (primary N) is 1. The van der Waals surface area contributed by atoms with Gasteiger partial charge in [-0.1, -0.05) is 127 Å². The van der Waals surface area contributed by atoms with Crippen molar-refractivity contribution in [2.45, 2.75) is 27.2 Å². The van der Waals surface area contributed by atoms with E-state index in [2.05, 4.69) is 148 Å². The van der Waals surface area contributed by atoms with Gasteiger partial charge in [0, 0.05) is 33.5 Å². The SMILES string of the molecule is Cc1cc(C)c(CC(=Nc2c(N)c3ccccc3c3ccccc23)c2cccc(-c3cc4ccccc4c4c3oc3ccccc34)c2)c(C)c1. The molecule has 0 fully saturated rings. The number of nitrogens with zero attached hydrogens (tertiary/aromatic N) is 1. The number of furan rings is 1. The second-order valence-corrected chi connectivity index (χ2v) is 13.5. The molecular weight excluding hydrogens is 609 g/mol. The molecule has 0 spiro atoms. The van der Waals surface area contributed by atoms with Crippen molar-refractivity contribution in [3.63, 3.8) is 0 Å². The molecule has 8 aromatic carbocycles. The van der Waals surface area contributed by atoms with Crippen LogP contribution in [0.1, 0.15) is 27.8 Å². The Morgan fingerprint density at radius 2 is 1.22 bits per heavy atom. The van der Waals surface area contributed by atoms with Crippen molar-refractivity contribution in [2.24, 2.45) is 4.99 Å². The fourth-order valence-electron chi connectivity index (χ4n) is 7.92. The highest BCUT2D eigenvalue weighted by Crippen LogP contribution is 2.43. The molecule has 50 heavy (non-hydrogen) atoms. The van der Waals surface area contributed by atoms with Crippen molar-refractivity contribution >= 4 is 71.3 Å². The summed E-state index contributed by atoms with van der Waals surface area (Å²) in [5.41, 5.74) is 19.6. The zero-order valence-electron chi connectivity index (χ0n) is 28.4. The van der Waals surface area contributed by atoms with E-state index >= 15 is 0 Å². The van der Waals surface area contributed by atoms with Gasteiger partial charge in [-0.25, -0.2) is 4.99 Å². The van der Waals surface area contributed by atoms with Gasteiger partial charge in [0.15, 0.2) is 0 Å². The zero-order valence-corrected chi connectivity index (χ0v) is 28.4. The first-order chi connectivity index (χ1) is 24.4. The number of benzene rings is 8. The fourth-order valence-corrected chi connectivity index (χ4v) is 7.92. The third-order valence-electron chi connectivity index (χ3n) is 10.3. The second-order valence-electron chi connectivity index (χ2n) is 13.5. The lowest BCUT2D eigenvalue weighted by Crippen LogP contribution is -2.09. The van der Waals surface area contributed by atoms with E-state index in [4.69, 9.17) is 15.1 Å². The molecule has 1 aromatic heterocycles. The fraction of sp³-hybridized carbons (Fsp3) is 0.0851. The molecule has 9 aromatic rings. The summed E-state index contributed by atoms with van der Waals surface area (Å²) in [6.07, 6.45) is 0.666. The van der Waals surface area contributed by atoms with Crippen LogP contribution in [0.2, 0.25) is 0 Å². The Balaban J connectivity index is 1.30. The molecule has 0 aliphatic rings.